The number of hydrogen-bond donors (Lipinski definition) is 2. The summed E-state index contributed by atoms with van der Waals surface area (Å²) in [5.74, 6) is -5.01. The minimum atomic E-state index is -5.27. The van der Waals surface area contributed by atoms with Gasteiger partial charge in [-0.25, -0.2) is 13.6 Å². The van der Waals surface area contributed by atoms with Crippen molar-refractivity contribution in [2.24, 2.45) is 10.2 Å². The molecule has 216 valence electrons. The van der Waals surface area contributed by atoms with Crippen LogP contribution in [0.1, 0.15) is 34.6 Å². The van der Waals surface area contributed by atoms with Crippen LogP contribution in [0.4, 0.5) is 33.3 Å². The number of ether oxygens (including phenoxy) is 3. The van der Waals surface area contributed by atoms with E-state index in [-0.39, 0.29) is 40.3 Å². The highest BCUT2D eigenvalue weighted by molar-refractivity contribution is 6.32. The largest absolute Gasteiger partial charge is 0.502 e. The molecule has 0 amide bonds. The highest BCUT2D eigenvalue weighted by Gasteiger charge is 2.39. The number of hydrogen-bond acceptors (Lipinski definition) is 8. The van der Waals surface area contributed by atoms with Gasteiger partial charge in [-0.2, -0.15) is 13.2 Å². The number of alkyl halides is 3. The minimum absolute atomic E-state index is 0.0117. The number of nitrogens with zero attached hydrogens (tertiary/aromatic N) is 2. The van der Waals surface area contributed by atoms with Crippen molar-refractivity contribution >= 4 is 40.5 Å². The lowest BCUT2D eigenvalue weighted by atomic mass is 10.3. The highest BCUT2D eigenvalue weighted by Crippen LogP contribution is 2.34. The van der Waals surface area contributed by atoms with Crippen molar-refractivity contribution in [3.63, 3.8) is 0 Å². The number of nitrogen functional groups attached to an aromatic ring is 1. The molecule has 0 fully saturated rings. The van der Waals surface area contributed by atoms with Crippen LogP contribution in [0, 0.1) is 11.6 Å². The second-order valence-corrected chi connectivity index (χ2v) is 8.80. The predicted octanol–water partition coefficient (Wildman–Crippen LogP) is 8.09. The van der Waals surface area contributed by atoms with E-state index in [0.29, 0.717) is 5.75 Å². The Morgan fingerprint density at radius 2 is 1.46 bits per heavy atom. The van der Waals surface area contributed by atoms with Gasteiger partial charge in [0.15, 0.2) is 5.82 Å². The Morgan fingerprint density at radius 1 is 0.974 bits per heavy atom. The van der Waals surface area contributed by atoms with E-state index in [9.17, 15) is 26.7 Å². The van der Waals surface area contributed by atoms with Crippen LogP contribution in [0.15, 0.2) is 46.0 Å². The molecule has 0 spiro atoms. The molecule has 3 N–H and O–H groups in total. The number of carbonyl (C=O) groups is 1. The maximum atomic E-state index is 13.9. The molecule has 0 aliphatic heterocycles. The third kappa shape index (κ3) is 10.8. The van der Waals surface area contributed by atoms with E-state index >= 15 is 0 Å². The molecule has 2 rings (SSSR count). The summed E-state index contributed by atoms with van der Waals surface area (Å²) in [4.78, 5) is 11.6. The summed E-state index contributed by atoms with van der Waals surface area (Å²) >= 11 is 11.5. The molecule has 0 aromatic heterocycles. The van der Waals surface area contributed by atoms with Crippen molar-refractivity contribution in [1.82, 2.24) is 0 Å². The number of anilines is 1. The lowest BCUT2D eigenvalue weighted by molar-refractivity contribution is -0.143. The number of halogens is 7. The first-order chi connectivity index (χ1) is 18.0. The van der Waals surface area contributed by atoms with Crippen LogP contribution in [0.5, 0.6) is 11.5 Å². The first-order valence-electron chi connectivity index (χ1n) is 11.1. The third-order valence-corrected chi connectivity index (χ3v) is 4.59. The molecule has 0 heterocycles. The van der Waals surface area contributed by atoms with Crippen LogP contribution in [0.2, 0.25) is 10.0 Å². The van der Waals surface area contributed by atoms with E-state index in [1.807, 2.05) is 13.8 Å². The Hall–Kier alpha value is -3.32. The number of esters is 1. The Kier molecular flexibility index (Phi) is 12.7. The first kappa shape index (κ1) is 33.7. The summed E-state index contributed by atoms with van der Waals surface area (Å²) in [6, 6.07) is 4.35. The molecule has 0 aliphatic rings. The van der Waals surface area contributed by atoms with Gasteiger partial charge in [0, 0.05) is 12.1 Å². The maximum Gasteiger partial charge on any atom is 0.451 e. The monoisotopic (exact) mass is 601 g/mol. The fraction of sp³-hybridized carbons (Fsp3) is 0.375. The molecule has 0 saturated heterocycles. The van der Waals surface area contributed by atoms with Gasteiger partial charge in [-0.1, -0.05) is 23.2 Å². The van der Waals surface area contributed by atoms with Crippen LogP contribution >= 0.6 is 23.2 Å². The maximum absolute atomic E-state index is 13.9. The predicted molar refractivity (Wildman–Crippen MR) is 136 cm³/mol. The summed E-state index contributed by atoms with van der Waals surface area (Å²) in [5, 5.41) is 15.6. The van der Waals surface area contributed by atoms with Crippen LogP contribution in [-0.4, -0.2) is 36.1 Å². The van der Waals surface area contributed by atoms with Gasteiger partial charge in [0.05, 0.1) is 34.5 Å². The lowest BCUT2D eigenvalue weighted by Crippen LogP contribution is -2.18. The number of azo groups is 1. The molecule has 8 nitrogen and oxygen atoms in total. The van der Waals surface area contributed by atoms with E-state index in [0.717, 1.165) is 18.2 Å². The van der Waals surface area contributed by atoms with Crippen LogP contribution in [0.25, 0.3) is 0 Å². The van der Waals surface area contributed by atoms with Crippen molar-refractivity contribution in [2.75, 3.05) is 12.3 Å². The summed E-state index contributed by atoms with van der Waals surface area (Å²) in [5.41, 5.74) is 3.33. The highest BCUT2D eigenvalue weighted by atomic mass is 35.5. The average molecular weight is 602 g/mol. The molecular weight excluding hydrogens is 576 g/mol. The van der Waals surface area contributed by atoms with Crippen molar-refractivity contribution in [3.05, 3.63) is 57.4 Å². The third-order valence-electron chi connectivity index (χ3n) is 4.00. The molecule has 0 saturated carbocycles. The Morgan fingerprint density at radius 3 is 1.92 bits per heavy atom. The number of allylic oxidation sites excluding steroid dienone is 1. The first-order valence-corrected chi connectivity index (χ1v) is 11.9. The van der Waals surface area contributed by atoms with Crippen LogP contribution in [-0.2, 0) is 9.53 Å². The molecule has 2 aromatic rings. The van der Waals surface area contributed by atoms with Crippen molar-refractivity contribution < 1.29 is 46.1 Å². The zero-order valence-corrected chi connectivity index (χ0v) is 22.9. The average Bonchev–Trinajstić information content (AvgIpc) is 2.79. The minimum Gasteiger partial charge on any atom is -0.502 e. The molecule has 0 unspecified atom stereocenters. The van der Waals surface area contributed by atoms with Gasteiger partial charge in [-0.3, -0.25) is 0 Å². The quantitative estimate of drug-likeness (QED) is 0.0788. The zero-order chi connectivity index (χ0) is 30.1. The second kappa shape index (κ2) is 14.7. The molecule has 39 heavy (non-hydrogen) atoms. The summed E-state index contributed by atoms with van der Waals surface area (Å²) in [6.07, 6.45) is -5.61. The molecule has 0 atom stereocenters. The van der Waals surface area contributed by atoms with Crippen LogP contribution in [0.3, 0.4) is 0 Å². The lowest BCUT2D eigenvalue weighted by Gasteiger charge is -2.12. The van der Waals surface area contributed by atoms with E-state index in [1.165, 1.54) is 13.0 Å². The number of aliphatic hydroxyl groups is 1. The number of rotatable bonds is 8. The van der Waals surface area contributed by atoms with E-state index < -0.39 is 40.9 Å². The fourth-order valence-corrected chi connectivity index (χ4v) is 2.84. The molecular formula is C24H26Cl2F5N3O5. The molecule has 0 bridgehead atoms. The second-order valence-electron chi connectivity index (χ2n) is 7.99. The number of nitrogens with two attached hydrogens (primary N) is 1. The van der Waals surface area contributed by atoms with Crippen molar-refractivity contribution in [3.8, 4) is 11.5 Å². The molecule has 15 heteroatoms. The van der Waals surface area contributed by atoms with Gasteiger partial charge >= 0.3 is 12.1 Å². The number of benzene rings is 2. The van der Waals surface area contributed by atoms with Gasteiger partial charge in [-0.05, 0) is 46.8 Å². The molecule has 0 aliphatic carbocycles. The topological polar surface area (TPSA) is 116 Å². The Labute approximate surface area is 231 Å². The van der Waals surface area contributed by atoms with E-state index in [1.54, 1.807) is 13.8 Å². The van der Waals surface area contributed by atoms with E-state index in [2.05, 4.69) is 15.0 Å². The van der Waals surface area contributed by atoms with Gasteiger partial charge in [0.1, 0.15) is 23.0 Å². The standard InChI is InChI=1S/C15H15ClF4N2O4.C9H11ClFNO/c1-4-25-14(24)12(13(23)15(18,19)20)22-21-10-6-11(26-7(2)3)8(16)5-9(10)17;1-5(2)13-9-4-8(12)7(11)3-6(9)10/h5-7,23H,4H2,1-3H3;3-5H,12H2,1-2H3. The zero-order valence-electron chi connectivity index (χ0n) is 21.4. The smallest absolute Gasteiger partial charge is 0.451 e. The van der Waals surface area contributed by atoms with Gasteiger partial charge in [-0.15, -0.1) is 10.2 Å². The van der Waals surface area contributed by atoms with E-state index in [4.69, 9.17) is 43.5 Å². The summed E-state index contributed by atoms with van der Waals surface area (Å²) < 4.78 is 79.6. The number of carbonyl (C=O) groups excluding carboxylic acids is 1. The van der Waals surface area contributed by atoms with Gasteiger partial charge in [0.25, 0.3) is 0 Å². The van der Waals surface area contributed by atoms with Crippen molar-refractivity contribution in [2.45, 2.75) is 53.0 Å². The molecule has 0 radical (unpaired) electrons. The Bertz CT molecular complexity index is 1220. The summed E-state index contributed by atoms with van der Waals surface area (Å²) in [7, 11) is 0. The summed E-state index contributed by atoms with van der Waals surface area (Å²) in [6.45, 7) is 8.12. The SMILES string of the molecule is CC(C)Oc1cc(N)c(F)cc1Cl.CCOC(=O)C(N=Nc1cc(OC(C)C)c(Cl)cc1F)=C(O)C(F)(F)F. The molecule has 2 aromatic carbocycles. The van der Waals surface area contributed by atoms with Crippen molar-refractivity contribution in [1.29, 1.82) is 0 Å². The normalized spacial score (nSPS) is 12.3. The fourth-order valence-electron chi connectivity index (χ4n) is 2.45. The Balaban J connectivity index is 0.000000487. The van der Waals surface area contributed by atoms with Gasteiger partial charge in [0.2, 0.25) is 11.5 Å². The number of aliphatic hydroxyl groups excluding tert-OH is 1. The van der Waals surface area contributed by atoms with Gasteiger partial charge < -0.3 is 25.1 Å². The van der Waals surface area contributed by atoms with Crippen LogP contribution < -0.4 is 15.2 Å².